The summed E-state index contributed by atoms with van der Waals surface area (Å²) in [4.78, 5) is 0. The van der Waals surface area contributed by atoms with Crippen molar-refractivity contribution in [2.75, 3.05) is 0 Å². The van der Waals surface area contributed by atoms with Gasteiger partial charge in [-0.25, -0.2) is 8.78 Å². The second kappa shape index (κ2) is 3.52. The topological polar surface area (TPSA) is 0 Å². The Bertz CT molecular complexity index is 203. The standard InChI is InChI=1S/C10H18F2Si/c1-13(2,3)10(11,12)9-7-5-4-6-8-9/h5,7,9H,4,6,8H2,1-3H3/t9-/m0/s1. The lowest BCUT2D eigenvalue weighted by molar-refractivity contribution is 0.0300. The molecule has 0 amide bonds. The molecule has 0 saturated carbocycles. The quantitative estimate of drug-likeness (QED) is 0.473. The molecule has 1 aliphatic carbocycles. The summed E-state index contributed by atoms with van der Waals surface area (Å²) in [6, 6.07) is 0. The minimum Gasteiger partial charge on any atom is -0.211 e. The molecular weight excluding hydrogens is 186 g/mol. The van der Waals surface area contributed by atoms with Crippen molar-refractivity contribution in [1.82, 2.24) is 0 Å². The van der Waals surface area contributed by atoms with Gasteiger partial charge in [-0.3, -0.25) is 0 Å². The third kappa shape index (κ3) is 2.19. The van der Waals surface area contributed by atoms with E-state index in [1.807, 2.05) is 6.08 Å². The molecule has 0 saturated heterocycles. The van der Waals surface area contributed by atoms with Crippen LogP contribution in [0, 0.1) is 5.92 Å². The van der Waals surface area contributed by atoms with E-state index < -0.39 is 19.5 Å². The van der Waals surface area contributed by atoms with Crippen LogP contribution in [-0.4, -0.2) is 13.6 Å². The zero-order valence-electron chi connectivity index (χ0n) is 8.61. The summed E-state index contributed by atoms with van der Waals surface area (Å²) >= 11 is 0. The van der Waals surface area contributed by atoms with Gasteiger partial charge >= 0.3 is 0 Å². The highest BCUT2D eigenvalue weighted by atomic mass is 28.3. The van der Waals surface area contributed by atoms with E-state index in [0.717, 1.165) is 12.8 Å². The van der Waals surface area contributed by atoms with Crippen molar-refractivity contribution in [2.45, 2.75) is 44.4 Å². The number of halogens is 2. The lowest BCUT2D eigenvalue weighted by Crippen LogP contribution is -2.50. The van der Waals surface area contributed by atoms with Crippen molar-refractivity contribution in [2.24, 2.45) is 5.92 Å². The average molecular weight is 204 g/mol. The molecule has 1 aliphatic rings. The van der Waals surface area contributed by atoms with E-state index in [4.69, 9.17) is 0 Å². The van der Waals surface area contributed by atoms with Crippen molar-refractivity contribution in [1.29, 1.82) is 0 Å². The molecule has 76 valence electrons. The number of allylic oxidation sites excluding steroid dienone is 2. The van der Waals surface area contributed by atoms with Crippen molar-refractivity contribution >= 4 is 8.07 Å². The molecule has 0 aromatic rings. The van der Waals surface area contributed by atoms with E-state index in [0.29, 0.717) is 6.42 Å². The molecule has 0 nitrogen and oxygen atoms in total. The minimum absolute atomic E-state index is 0.493. The number of rotatable bonds is 2. The first kappa shape index (κ1) is 10.9. The fraction of sp³-hybridized carbons (Fsp3) is 0.800. The first-order valence-electron chi connectivity index (χ1n) is 4.90. The average Bonchev–Trinajstić information content (AvgIpc) is 2.04. The molecule has 0 fully saturated rings. The second-order valence-corrected chi connectivity index (χ2v) is 10.0. The molecule has 0 aromatic carbocycles. The van der Waals surface area contributed by atoms with Crippen LogP contribution >= 0.6 is 0 Å². The Morgan fingerprint density at radius 3 is 2.31 bits per heavy atom. The Balaban J connectivity index is 2.79. The SMILES string of the molecule is C[Si](C)(C)C(F)(F)[C@H]1C=CCCC1. The maximum absolute atomic E-state index is 13.8. The maximum atomic E-state index is 13.8. The first-order chi connectivity index (χ1) is 5.86. The van der Waals surface area contributed by atoms with Crippen molar-refractivity contribution in [3.05, 3.63) is 12.2 Å². The summed E-state index contributed by atoms with van der Waals surface area (Å²) < 4.78 is 27.7. The van der Waals surface area contributed by atoms with Crippen LogP contribution in [0.25, 0.3) is 0 Å². The monoisotopic (exact) mass is 204 g/mol. The van der Waals surface area contributed by atoms with Crippen LogP contribution in [0.4, 0.5) is 8.78 Å². The Morgan fingerprint density at radius 1 is 1.31 bits per heavy atom. The summed E-state index contributed by atoms with van der Waals surface area (Å²) in [6.07, 6.45) is 6.18. The molecular formula is C10H18F2Si. The van der Waals surface area contributed by atoms with Gasteiger partial charge in [0.05, 0.1) is 0 Å². The molecule has 0 radical (unpaired) electrons. The van der Waals surface area contributed by atoms with Crippen LogP contribution in [0.15, 0.2) is 12.2 Å². The van der Waals surface area contributed by atoms with Gasteiger partial charge in [0.15, 0.2) is 0 Å². The van der Waals surface area contributed by atoms with Crippen LogP contribution in [0.5, 0.6) is 0 Å². The Kier molecular flexibility index (Phi) is 2.95. The van der Waals surface area contributed by atoms with Crippen molar-refractivity contribution < 1.29 is 8.78 Å². The van der Waals surface area contributed by atoms with Gasteiger partial charge in [-0.15, -0.1) is 0 Å². The first-order valence-corrected chi connectivity index (χ1v) is 8.40. The third-order valence-electron chi connectivity index (χ3n) is 2.72. The lowest BCUT2D eigenvalue weighted by Gasteiger charge is -2.35. The highest BCUT2D eigenvalue weighted by Gasteiger charge is 2.49. The molecule has 1 rings (SSSR count). The van der Waals surface area contributed by atoms with Gasteiger partial charge in [-0.1, -0.05) is 31.8 Å². The molecule has 13 heavy (non-hydrogen) atoms. The zero-order chi connectivity index (χ0) is 10.1. The van der Waals surface area contributed by atoms with Gasteiger partial charge in [-0.05, 0) is 19.3 Å². The van der Waals surface area contributed by atoms with Gasteiger partial charge in [-0.2, -0.15) is 0 Å². The van der Waals surface area contributed by atoms with Crippen LogP contribution in [0.2, 0.25) is 19.6 Å². The molecule has 0 heterocycles. The number of alkyl halides is 2. The fourth-order valence-corrected chi connectivity index (χ4v) is 3.02. The summed E-state index contributed by atoms with van der Waals surface area (Å²) in [5.41, 5.74) is -2.44. The fourth-order valence-electron chi connectivity index (χ4n) is 1.67. The van der Waals surface area contributed by atoms with E-state index >= 15 is 0 Å². The number of hydrogen-bond donors (Lipinski definition) is 0. The molecule has 0 unspecified atom stereocenters. The zero-order valence-corrected chi connectivity index (χ0v) is 9.61. The molecule has 1 atom stereocenters. The predicted octanol–water partition coefficient (Wildman–Crippen LogP) is 3.86. The Labute approximate surface area is 80.0 Å². The van der Waals surface area contributed by atoms with Gasteiger partial charge in [0.2, 0.25) is 5.55 Å². The van der Waals surface area contributed by atoms with E-state index in [1.165, 1.54) is 0 Å². The Hall–Kier alpha value is -0.183. The van der Waals surface area contributed by atoms with E-state index in [1.54, 1.807) is 25.7 Å². The van der Waals surface area contributed by atoms with Crippen LogP contribution in [0.3, 0.4) is 0 Å². The summed E-state index contributed by atoms with van der Waals surface area (Å²) in [5, 5.41) is 0. The number of hydrogen-bond acceptors (Lipinski definition) is 0. The van der Waals surface area contributed by atoms with E-state index in [9.17, 15) is 8.78 Å². The molecule has 3 heteroatoms. The summed E-state index contributed by atoms with van der Waals surface area (Å²) in [7, 11) is -2.36. The maximum Gasteiger partial charge on any atom is 0.235 e. The largest absolute Gasteiger partial charge is 0.235 e. The second-order valence-electron chi connectivity index (χ2n) is 4.84. The Morgan fingerprint density at radius 2 is 1.92 bits per heavy atom. The van der Waals surface area contributed by atoms with Gasteiger partial charge < -0.3 is 0 Å². The molecule has 0 aliphatic heterocycles. The molecule has 0 bridgehead atoms. The van der Waals surface area contributed by atoms with Gasteiger partial charge in [0, 0.05) is 5.92 Å². The van der Waals surface area contributed by atoms with Crippen LogP contribution in [0.1, 0.15) is 19.3 Å². The van der Waals surface area contributed by atoms with Crippen LogP contribution < -0.4 is 0 Å². The van der Waals surface area contributed by atoms with Gasteiger partial charge in [0.25, 0.3) is 0 Å². The highest BCUT2D eigenvalue weighted by Crippen LogP contribution is 2.39. The van der Waals surface area contributed by atoms with Crippen LogP contribution in [-0.2, 0) is 0 Å². The molecule has 0 aromatic heterocycles. The summed E-state index contributed by atoms with van der Waals surface area (Å²) in [5.74, 6) is -0.493. The molecule has 0 N–H and O–H groups in total. The van der Waals surface area contributed by atoms with E-state index in [-0.39, 0.29) is 0 Å². The smallest absolute Gasteiger partial charge is 0.211 e. The van der Waals surface area contributed by atoms with Gasteiger partial charge in [0.1, 0.15) is 8.07 Å². The van der Waals surface area contributed by atoms with E-state index in [2.05, 4.69) is 0 Å². The summed E-state index contributed by atoms with van der Waals surface area (Å²) in [6.45, 7) is 5.24. The predicted molar refractivity (Wildman–Crippen MR) is 54.8 cm³/mol. The van der Waals surface area contributed by atoms with Crippen molar-refractivity contribution in [3.8, 4) is 0 Å². The normalized spacial score (nSPS) is 24.8. The highest BCUT2D eigenvalue weighted by molar-refractivity contribution is 6.78. The molecule has 0 spiro atoms. The lowest BCUT2D eigenvalue weighted by atomic mass is 9.96. The minimum atomic E-state index is -2.44. The third-order valence-corrected chi connectivity index (χ3v) is 5.09. The van der Waals surface area contributed by atoms with Crippen molar-refractivity contribution in [3.63, 3.8) is 0 Å².